The lowest BCUT2D eigenvalue weighted by Gasteiger charge is -2.27. The fraction of sp³-hybridized carbons (Fsp3) is 0.545. The van der Waals surface area contributed by atoms with E-state index in [4.69, 9.17) is 45.1 Å². The summed E-state index contributed by atoms with van der Waals surface area (Å²) in [6.45, 7) is -5.63. The lowest BCUT2D eigenvalue weighted by Crippen LogP contribution is -2.36. The Morgan fingerprint density at radius 2 is 1.71 bits per heavy atom. The van der Waals surface area contributed by atoms with Crippen LogP contribution < -0.4 is 11.3 Å². The van der Waals surface area contributed by atoms with Gasteiger partial charge in [-0.3, -0.25) is 27.5 Å². The predicted molar refractivity (Wildman–Crippen MR) is 160 cm³/mol. The smallest absolute Gasteiger partial charge is 0.386 e. The third kappa shape index (κ3) is 5.64. The molecule has 3 saturated heterocycles. The van der Waals surface area contributed by atoms with Gasteiger partial charge in [-0.1, -0.05) is 19.2 Å². The number of nitrogens with one attached hydrogen (secondary N) is 1. The number of nitrogens with two attached hydrogens (primary N) is 1. The predicted octanol–water partition coefficient (Wildman–Crippen LogP) is 0.714. The topological polar surface area (TPSA) is 246 Å². The largest absolute Gasteiger partial charge is 0.386 e. The molecular weight excluding hydrogens is 676 g/mol. The van der Waals surface area contributed by atoms with Crippen LogP contribution in [0.4, 0.5) is 5.82 Å². The van der Waals surface area contributed by atoms with Gasteiger partial charge in [0.15, 0.2) is 35.1 Å². The molecule has 2 unspecified atom stereocenters. The summed E-state index contributed by atoms with van der Waals surface area (Å²) in [5, 5.41) is 11.3. The van der Waals surface area contributed by atoms with Crippen molar-refractivity contribution in [3.8, 4) is 0 Å². The summed E-state index contributed by atoms with van der Waals surface area (Å²) in [7, 11) is 0. The molecule has 23 heteroatoms. The van der Waals surface area contributed by atoms with E-state index >= 15 is 0 Å². The number of nitrogens with zero attached hydrogens (tertiary/aromatic N) is 7. The molecule has 19 nitrogen and oxygen atoms in total. The van der Waals surface area contributed by atoms with Crippen LogP contribution in [0.5, 0.6) is 0 Å². The fourth-order valence-corrected chi connectivity index (χ4v) is 8.58. The van der Waals surface area contributed by atoms with Crippen molar-refractivity contribution in [1.29, 1.82) is 0 Å². The SMILES string of the molecule is Cc1nc2c(ncn2[C@@H]2O[C@@H]3COP(O)(=S)O[C@H]4[C@@H](O)[C@H](n5cnc6c(N)ncnc65)O[C@@H]4COP(=O)(S)O[C@@H]2[C@@H]3C)c(=O)[nH]1. The Morgan fingerprint density at radius 3 is 2.49 bits per heavy atom. The Morgan fingerprint density at radius 1 is 1.02 bits per heavy atom. The molecule has 0 radical (unpaired) electrons. The van der Waals surface area contributed by atoms with E-state index in [0.717, 1.165) is 0 Å². The number of aromatic nitrogens is 8. The average molecular weight is 704 g/mol. The second-order valence-corrected chi connectivity index (χ2v) is 16.4. The third-order valence-electron chi connectivity index (χ3n) is 7.81. The number of nitrogen functional groups attached to an aromatic ring is 1. The number of ether oxygens (including phenoxy) is 2. The van der Waals surface area contributed by atoms with Gasteiger partial charge >= 0.3 is 13.5 Å². The minimum atomic E-state index is -4.18. The van der Waals surface area contributed by atoms with E-state index in [-0.39, 0.29) is 34.8 Å². The highest BCUT2D eigenvalue weighted by molar-refractivity contribution is 8.44. The summed E-state index contributed by atoms with van der Waals surface area (Å²) >= 11 is 9.52. The number of aliphatic hydroxyl groups is 1. The van der Waals surface area contributed by atoms with Crippen LogP contribution in [0.3, 0.4) is 0 Å². The fourth-order valence-electron chi connectivity index (χ4n) is 5.61. The van der Waals surface area contributed by atoms with E-state index in [1.165, 1.54) is 28.1 Å². The molecule has 3 aliphatic heterocycles. The second kappa shape index (κ2) is 11.4. The van der Waals surface area contributed by atoms with Crippen LogP contribution in [0.2, 0.25) is 0 Å². The van der Waals surface area contributed by atoms with Crippen molar-refractivity contribution in [2.75, 3.05) is 18.9 Å². The quantitative estimate of drug-likeness (QED) is 0.143. The molecule has 0 saturated carbocycles. The van der Waals surface area contributed by atoms with E-state index in [9.17, 15) is 19.4 Å². The molecule has 4 aromatic rings. The van der Waals surface area contributed by atoms with Crippen molar-refractivity contribution >= 4 is 65.7 Å². The number of hydrogen-bond acceptors (Lipinski definition) is 16. The molecule has 242 valence electrons. The lowest BCUT2D eigenvalue weighted by molar-refractivity contribution is -0.0583. The molecule has 0 aliphatic carbocycles. The van der Waals surface area contributed by atoms with Gasteiger partial charge < -0.3 is 34.7 Å². The Kier molecular flexibility index (Phi) is 7.90. The van der Waals surface area contributed by atoms with E-state index < -0.39 is 74.6 Å². The highest BCUT2D eigenvalue weighted by atomic mass is 32.7. The first kappa shape index (κ1) is 31.2. The van der Waals surface area contributed by atoms with E-state index in [1.54, 1.807) is 13.8 Å². The van der Waals surface area contributed by atoms with Gasteiger partial charge in [-0.15, -0.1) is 0 Å². The highest BCUT2D eigenvalue weighted by Gasteiger charge is 2.52. The van der Waals surface area contributed by atoms with Gasteiger partial charge in [0.25, 0.3) is 5.56 Å². The number of H-pyrrole nitrogens is 1. The number of aromatic amines is 1. The van der Waals surface area contributed by atoms with Crippen molar-refractivity contribution in [3.63, 3.8) is 0 Å². The van der Waals surface area contributed by atoms with Crippen molar-refractivity contribution in [3.05, 3.63) is 35.2 Å². The summed E-state index contributed by atoms with van der Waals surface area (Å²) in [6.07, 6.45) is -3.94. The molecule has 2 bridgehead atoms. The molecule has 3 fully saturated rings. The summed E-state index contributed by atoms with van der Waals surface area (Å²) in [6, 6.07) is 0. The molecule has 0 aromatic carbocycles. The molecule has 0 spiro atoms. The van der Waals surface area contributed by atoms with Crippen LogP contribution in [-0.2, 0) is 43.9 Å². The molecule has 10 atom stereocenters. The first-order chi connectivity index (χ1) is 21.3. The molecule has 0 amide bonds. The van der Waals surface area contributed by atoms with Gasteiger partial charge in [0, 0.05) is 5.92 Å². The zero-order chi connectivity index (χ0) is 31.8. The van der Waals surface area contributed by atoms with Crippen LogP contribution in [0.25, 0.3) is 22.3 Å². The third-order valence-corrected chi connectivity index (χ3v) is 11.0. The second-order valence-electron chi connectivity index (χ2n) is 10.7. The van der Waals surface area contributed by atoms with E-state index in [2.05, 4.69) is 42.2 Å². The van der Waals surface area contributed by atoms with Gasteiger partial charge in [0.1, 0.15) is 42.1 Å². The van der Waals surface area contributed by atoms with E-state index in [1.807, 2.05) is 0 Å². The van der Waals surface area contributed by atoms with Crippen LogP contribution in [0.1, 0.15) is 25.2 Å². The van der Waals surface area contributed by atoms with Gasteiger partial charge in [-0.2, -0.15) is 0 Å². The molecule has 45 heavy (non-hydrogen) atoms. The van der Waals surface area contributed by atoms with E-state index in [0.29, 0.717) is 5.82 Å². The zero-order valence-electron chi connectivity index (χ0n) is 23.4. The number of rotatable bonds is 2. The molecule has 4 aromatic heterocycles. The van der Waals surface area contributed by atoms with Crippen molar-refractivity contribution < 1.29 is 42.1 Å². The molecule has 7 heterocycles. The maximum absolute atomic E-state index is 13.7. The summed E-state index contributed by atoms with van der Waals surface area (Å²) in [5.74, 6) is -0.0797. The maximum atomic E-state index is 13.7. The van der Waals surface area contributed by atoms with Crippen LogP contribution in [0, 0.1) is 12.8 Å². The molecule has 5 N–H and O–H groups in total. The lowest BCUT2D eigenvalue weighted by atomic mass is 10.0. The molecular formula is C22H27N9O10P2S2. The minimum Gasteiger partial charge on any atom is -0.386 e. The van der Waals surface area contributed by atoms with Crippen molar-refractivity contribution in [2.45, 2.75) is 56.8 Å². The molecule has 3 aliphatic rings. The number of hydrogen-bond donors (Lipinski definition) is 5. The first-order valence-corrected chi connectivity index (χ1v) is 18.8. The van der Waals surface area contributed by atoms with Gasteiger partial charge in [-0.05, 0) is 18.7 Å². The minimum absolute atomic E-state index is 0.0617. The summed E-state index contributed by atoms with van der Waals surface area (Å²) in [5.41, 5.74) is 6.25. The average Bonchev–Trinajstić information content (AvgIpc) is 3.72. The first-order valence-electron chi connectivity index (χ1n) is 13.5. The number of thiol groups is 1. The molecule has 7 rings (SSSR count). The normalized spacial score (nSPS) is 37.7. The summed E-state index contributed by atoms with van der Waals surface area (Å²) in [4.78, 5) is 47.0. The number of imidazole rings is 2. The Hall–Kier alpha value is -2.39. The zero-order valence-corrected chi connectivity index (χ0v) is 26.9. The van der Waals surface area contributed by atoms with Crippen molar-refractivity contribution in [2.24, 2.45) is 5.92 Å². The highest BCUT2D eigenvalue weighted by Crippen LogP contribution is 2.59. The monoisotopic (exact) mass is 703 g/mol. The van der Waals surface area contributed by atoms with Crippen LogP contribution in [0.15, 0.2) is 23.8 Å². The Bertz CT molecular complexity index is 1940. The van der Waals surface area contributed by atoms with Gasteiger partial charge in [0.2, 0.25) is 0 Å². The van der Waals surface area contributed by atoms with Gasteiger partial charge in [0.05, 0.1) is 32.0 Å². The Balaban J connectivity index is 1.21. The number of aliphatic hydroxyl groups excluding tert-OH is 1. The maximum Gasteiger partial charge on any atom is 0.386 e. The van der Waals surface area contributed by atoms with Crippen molar-refractivity contribution in [1.82, 2.24) is 39.0 Å². The standard InChI is InChI=1S/C22H27N9O10P2S2/c1-8-10-3-36-43(35,45)41-16-11(39-21(14(16)32)30-6-26-12-17(23)24-5-25-18(12)30)4-37-42(34,44)40-15(8)22(38-10)31-7-27-13-19(31)28-9(2)29-20(13)33/h5-8,10-11,14-16,21-22,32H,3-4H2,1-2H3,(H,34,44)(H,35,45)(H2,23,24,25)(H,28,29,33)/t8-,10-,11-,14-,15-,16-,21-,22-,42?,43?/m1/s1. The van der Waals surface area contributed by atoms with Crippen LogP contribution >= 0.6 is 25.8 Å². The number of anilines is 1. The number of aryl methyl sites for hydroxylation is 1. The number of fused-ring (bicyclic) bond motifs is 5. The van der Waals surface area contributed by atoms with Crippen LogP contribution in [-0.4, -0.2) is 92.8 Å². The van der Waals surface area contributed by atoms with Gasteiger partial charge in [-0.25, -0.2) is 29.5 Å². The summed E-state index contributed by atoms with van der Waals surface area (Å²) < 4.78 is 51.9. The Labute approximate surface area is 263 Å².